The van der Waals surface area contributed by atoms with Crippen molar-refractivity contribution in [3.05, 3.63) is 65.7 Å². The maximum atomic E-state index is 12.2. The Bertz CT molecular complexity index is 771. The number of alkyl carbamates (subject to hydrolysis) is 1. The molecule has 0 saturated carbocycles. The molecule has 0 spiro atoms. The van der Waals surface area contributed by atoms with Crippen LogP contribution >= 0.6 is 24.0 Å². The fourth-order valence-corrected chi connectivity index (χ4v) is 2.38. The van der Waals surface area contributed by atoms with Crippen molar-refractivity contribution in [3.63, 3.8) is 0 Å². The number of carbonyl (C=O) groups excluding carboxylic acids is 1. The highest BCUT2D eigenvalue weighted by atomic mass is 127. The standard InChI is InChI=1S/C21H28N4O2.HI/c1-15-10-12-17(13-11-15)24-19(22)23-14-18(16-8-6-5-7-9-16)25-20(26)27-21(2,3)4;/h5-13,18H,14H2,1-4H3,(H,25,26)(H3,22,23,24);1H. The van der Waals surface area contributed by atoms with Crippen molar-refractivity contribution >= 4 is 41.7 Å². The lowest BCUT2D eigenvalue weighted by molar-refractivity contribution is 0.0505. The number of nitrogens with zero attached hydrogens (tertiary/aromatic N) is 1. The van der Waals surface area contributed by atoms with E-state index in [1.54, 1.807) is 0 Å². The van der Waals surface area contributed by atoms with Crippen LogP contribution in [0.5, 0.6) is 0 Å². The molecule has 2 aromatic rings. The molecule has 0 fully saturated rings. The molecule has 0 heterocycles. The van der Waals surface area contributed by atoms with E-state index in [9.17, 15) is 4.79 Å². The van der Waals surface area contributed by atoms with Gasteiger partial charge in [-0.05, 0) is 45.4 Å². The van der Waals surface area contributed by atoms with E-state index in [1.807, 2.05) is 82.3 Å². The molecule has 0 aliphatic heterocycles. The van der Waals surface area contributed by atoms with Crippen molar-refractivity contribution < 1.29 is 9.53 Å². The molecule has 0 bridgehead atoms. The van der Waals surface area contributed by atoms with Gasteiger partial charge in [0.2, 0.25) is 0 Å². The van der Waals surface area contributed by atoms with Gasteiger partial charge in [-0.3, -0.25) is 4.99 Å². The molecule has 7 heteroatoms. The molecular formula is C21H29IN4O2. The van der Waals surface area contributed by atoms with Gasteiger partial charge in [-0.25, -0.2) is 4.79 Å². The molecule has 0 radical (unpaired) electrons. The van der Waals surface area contributed by atoms with E-state index in [0.717, 1.165) is 11.3 Å². The van der Waals surface area contributed by atoms with Crippen molar-refractivity contribution in [2.75, 3.05) is 11.9 Å². The maximum absolute atomic E-state index is 12.2. The van der Waals surface area contributed by atoms with Crippen LogP contribution < -0.4 is 16.4 Å². The summed E-state index contributed by atoms with van der Waals surface area (Å²) in [5.74, 6) is 0.283. The summed E-state index contributed by atoms with van der Waals surface area (Å²) in [7, 11) is 0. The summed E-state index contributed by atoms with van der Waals surface area (Å²) in [5, 5.41) is 5.92. The molecule has 4 N–H and O–H groups in total. The number of aliphatic imine (C=N–C) groups is 1. The fourth-order valence-electron chi connectivity index (χ4n) is 2.38. The minimum atomic E-state index is -0.569. The van der Waals surface area contributed by atoms with Gasteiger partial charge in [0.05, 0.1) is 12.6 Å². The third-order valence-electron chi connectivity index (χ3n) is 3.66. The number of benzene rings is 2. The number of amides is 1. The van der Waals surface area contributed by atoms with Crippen LogP contribution in [0.4, 0.5) is 10.5 Å². The Labute approximate surface area is 184 Å². The molecule has 0 saturated heterocycles. The minimum absolute atomic E-state index is 0. The molecule has 0 aliphatic carbocycles. The molecule has 2 aromatic carbocycles. The van der Waals surface area contributed by atoms with Crippen molar-refractivity contribution in [2.45, 2.75) is 39.3 Å². The first-order valence-electron chi connectivity index (χ1n) is 8.91. The summed E-state index contributed by atoms with van der Waals surface area (Å²) >= 11 is 0. The summed E-state index contributed by atoms with van der Waals surface area (Å²) in [6.07, 6.45) is -0.489. The molecule has 28 heavy (non-hydrogen) atoms. The van der Waals surface area contributed by atoms with Gasteiger partial charge >= 0.3 is 6.09 Å². The lowest BCUT2D eigenvalue weighted by atomic mass is 10.1. The lowest BCUT2D eigenvalue weighted by Gasteiger charge is -2.23. The van der Waals surface area contributed by atoms with Gasteiger partial charge in [0.1, 0.15) is 5.60 Å². The number of hydrogen-bond acceptors (Lipinski definition) is 3. The van der Waals surface area contributed by atoms with E-state index in [2.05, 4.69) is 15.6 Å². The monoisotopic (exact) mass is 496 g/mol. The molecule has 0 aromatic heterocycles. The second kappa shape index (κ2) is 10.9. The van der Waals surface area contributed by atoms with Gasteiger partial charge in [0, 0.05) is 5.69 Å². The van der Waals surface area contributed by atoms with Crippen molar-refractivity contribution in [3.8, 4) is 0 Å². The van der Waals surface area contributed by atoms with Gasteiger partial charge < -0.3 is 21.1 Å². The number of anilines is 1. The van der Waals surface area contributed by atoms with E-state index < -0.39 is 11.7 Å². The van der Waals surface area contributed by atoms with Crippen LogP contribution in [-0.2, 0) is 4.74 Å². The number of guanidine groups is 1. The number of halogens is 1. The first-order valence-corrected chi connectivity index (χ1v) is 8.91. The van der Waals surface area contributed by atoms with Crippen LogP contribution in [0.15, 0.2) is 59.6 Å². The highest BCUT2D eigenvalue weighted by Gasteiger charge is 2.20. The van der Waals surface area contributed by atoms with E-state index >= 15 is 0 Å². The topological polar surface area (TPSA) is 88.7 Å². The predicted molar refractivity (Wildman–Crippen MR) is 125 cm³/mol. The Hall–Kier alpha value is -2.29. The quantitative estimate of drug-likeness (QED) is 0.321. The number of rotatable bonds is 5. The zero-order chi connectivity index (χ0) is 19.9. The third-order valence-corrected chi connectivity index (χ3v) is 3.66. The Morgan fingerprint density at radius 2 is 1.71 bits per heavy atom. The number of hydrogen-bond donors (Lipinski definition) is 3. The molecule has 1 amide bonds. The molecule has 0 aliphatic rings. The van der Waals surface area contributed by atoms with Gasteiger partial charge in [-0.1, -0.05) is 48.0 Å². The van der Waals surface area contributed by atoms with E-state index in [0.29, 0.717) is 0 Å². The summed E-state index contributed by atoms with van der Waals surface area (Å²) in [6, 6.07) is 17.1. The van der Waals surface area contributed by atoms with Crippen LogP contribution in [-0.4, -0.2) is 24.2 Å². The SMILES string of the molecule is Cc1ccc(NC(N)=NCC(NC(=O)OC(C)(C)C)c2ccccc2)cc1.I. The summed E-state index contributed by atoms with van der Waals surface area (Å²) in [5.41, 5.74) is 8.38. The zero-order valence-electron chi connectivity index (χ0n) is 16.7. The normalized spacial score (nSPS) is 12.5. The Balaban J connectivity index is 0.00000392. The number of aryl methyl sites for hydroxylation is 1. The smallest absolute Gasteiger partial charge is 0.408 e. The van der Waals surface area contributed by atoms with Crippen LogP contribution in [0, 0.1) is 6.92 Å². The molecular weight excluding hydrogens is 467 g/mol. The predicted octanol–water partition coefficient (Wildman–Crippen LogP) is 4.61. The Morgan fingerprint density at radius 1 is 1.11 bits per heavy atom. The number of ether oxygens (including phenoxy) is 1. The summed E-state index contributed by atoms with van der Waals surface area (Å²) in [6.45, 7) is 7.78. The fraction of sp³-hybridized carbons (Fsp3) is 0.333. The third kappa shape index (κ3) is 8.60. The minimum Gasteiger partial charge on any atom is -0.444 e. The molecule has 2 rings (SSSR count). The average Bonchev–Trinajstić information content (AvgIpc) is 2.60. The van der Waals surface area contributed by atoms with Crippen LogP contribution in [0.2, 0.25) is 0 Å². The van der Waals surface area contributed by atoms with Crippen LogP contribution in [0.1, 0.15) is 37.9 Å². The zero-order valence-corrected chi connectivity index (χ0v) is 19.1. The molecule has 152 valence electrons. The van der Waals surface area contributed by atoms with E-state index in [4.69, 9.17) is 10.5 Å². The second-order valence-corrected chi connectivity index (χ2v) is 7.33. The largest absolute Gasteiger partial charge is 0.444 e. The lowest BCUT2D eigenvalue weighted by Crippen LogP contribution is -2.36. The summed E-state index contributed by atoms with van der Waals surface area (Å²) in [4.78, 5) is 16.6. The molecule has 1 unspecified atom stereocenters. The van der Waals surface area contributed by atoms with E-state index in [1.165, 1.54) is 5.56 Å². The number of carbonyl (C=O) groups is 1. The van der Waals surface area contributed by atoms with Crippen molar-refractivity contribution in [2.24, 2.45) is 10.7 Å². The molecule has 1 atom stereocenters. The maximum Gasteiger partial charge on any atom is 0.408 e. The number of nitrogens with one attached hydrogen (secondary N) is 2. The second-order valence-electron chi connectivity index (χ2n) is 7.33. The highest BCUT2D eigenvalue weighted by molar-refractivity contribution is 14.0. The first kappa shape index (κ1) is 23.7. The van der Waals surface area contributed by atoms with Gasteiger partial charge in [-0.2, -0.15) is 0 Å². The highest BCUT2D eigenvalue weighted by Crippen LogP contribution is 2.15. The summed E-state index contributed by atoms with van der Waals surface area (Å²) < 4.78 is 5.36. The van der Waals surface area contributed by atoms with Crippen LogP contribution in [0.3, 0.4) is 0 Å². The van der Waals surface area contributed by atoms with Crippen molar-refractivity contribution in [1.29, 1.82) is 0 Å². The van der Waals surface area contributed by atoms with Gasteiger partial charge in [0.25, 0.3) is 0 Å². The van der Waals surface area contributed by atoms with Crippen molar-refractivity contribution in [1.82, 2.24) is 5.32 Å². The Morgan fingerprint density at radius 3 is 2.29 bits per heavy atom. The first-order chi connectivity index (χ1) is 12.7. The Kier molecular flexibility index (Phi) is 9.24. The van der Waals surface area contributed by atoms with Gasteiger partial charge in [0.15, 0.2) is 5.96 Å². The van der Waals surface area contributed by atoms with Gasteiger partial charge in [-0.15, -0.1) is 24.0 Å². The molecule has 6 nitrogen and oxygen atoms in total. The van der Waals surface area contributed by atoms with E-state index in [-0.39, 0.29) is 42.5 Å². The average molecular weight is 496 g/mol. The number of nitrogens with two attached hydrogens (primary N) is 1. The van der Waals surface area contributed by atoms with Crippen LogP contribution in [0.25, 0.3) is 0 Å².